The van der Waals surface area contributed by atoms with Crippen LogP contribution in [0.4, 0.5) is 0 Å². The van der Waals surface area contributed by atoms with E-state index in [0.29, 0.717) is 29.4 Å². The van der Waals surface area contributed by atoms with Gasteiger partial charge in [0, 0.05) is 24.6 Å². The van der Waals surface area contributed by atoms with Crippen molar-refractivity contribution in [1.82, 2.24) is 0 Å². The fourth-order valence-corrected chi connectivity index (χ4v) is 17.4. The molecule has 2 bridgehead atoms. The molecule has 0 aromatic carbocycles. The molecule has 0 spiro atoms. The molecule has 2 aliphatic carbocycles. The molecule has 3 nitrogen and oxygen atoms in total. The van der Waals surface area contributed by atoms with Gasteiger partial charge in [-0.3, -0.25) is 0 Å². The molecule has 2 aliphatic rings. The summed E-state index contributed by atoms with van der Waals surface area (Å²) in [6.45, 7) is 10.3. The maximum absolute atomic E-state index is 6.15. The van der Waals surface area contributed by atoms with Crippen LogP contribution in [0.15, 0.2) is 0 Å². The smallest absolute Gasteiger partial charge is 0.373 e. The molecule has 0 radical (unpaired) electrons. The van der Waals surface area contributed by atoms with Crippen molar-refractivity contribution in [2.45, 2.75) is 82.3 Å². The average Bonchev–Trinajstić information content (AvgIpc) is 3.19. The van der Waals surface area contributed by atoms with Crippen LogP contribution in [0.2, 0.25) is 0 Å². The lowest BCUT2D eigenvalue weighted by Gasteiger charge is -2.34. The summed E-state index contributed by atoms with van der Waals surface area (Å²) in [5.74, 6) is 1.02. The minimum Gasteiger partial charge on any atom is -0.373 e. The van der Waals surface area contributed by atoms with Gasteiger partial charge in [-0.2, -0.15) is 0 Å². The summed E-state index contributed by atoms with van der Waals surface area (Å²) in [5, 5.41) is 0. The summed E-state index contributed by atoms with van der Waals surface area (Å²) in [6.07, 6.45) is 9.43. The van der Waals surface area contributed by atoms with E-state index in [0.717, 1.165) is 18.8 Å². The van der Waals surface area contributed by atoms with Crippen LogP contribution in [-0.2, 0) is 13.3 Å². The van der Waals surface area contributed by atoms with E-state index in [2.05, 4.69) is 17.7 Å². The predicted octanol–water partition coefficient (Wildman–Crippen LogP) is 6.75. The Labute approximate surface area is 170 Å². The molecular formula is C17H34O3S4Si. The molecule has 0 amide bonds. The Morgan fingerprint density at radius 1 is 0.960 bits per heavy atom. The van der Waals surface area contributed by atoms with Gasteiger partial charge in [0.15, 0.2) is 0 Å². The second-order valence-electron chi connectivity index (χ2n) is 6.83. The first-order valence-electron chi connectivity index (χ1n) is 9.73. The van der Waals surface area contributed by atoms with E-state index in [9.17, 15) is 0 Å². The van der Waals surface area contributed by atoms with Crippen LogP contribution in [0.1, 0.15) is 72.6 Å². The quantitative estimate of drug-likeness (QED) is 0.167. The number of rotatable bonds is 14. The van der Waals surface area contributed by atoms with Crippen molar-refractivity contribution in [2.75, 3.05) is 19.8 Å². The Hall–Kier alpha value is 1.50. The van der Waals surface area contributed by atoms with Gasteiger partial charge >= 0.3 is 8.80 Å². The highest BCUT2D eigenvalue weighted by Gasteiger charge is 2.50. The van der Waals surface area contributed by atoms with Crippen molar-refractivity contribution < 1.29 is 13.3 Å². The zero-order chi connectivity index (χ0) is 18.2. The normalized spacial score (nSPS) is 27.1. The molecule has 0 N–H and O–H groups in total. The van der Waals surface area contributed by atoms with Crippen molar-refractivity contribution >= 4 is 50.0 Å². The van der Waals surface area contributed by atoms with E-state index in [1.165, 1.54) is 32.1 Å². The molecule has 1 atom stereocenters. The minimum absolute atomic E-state index is 0.313. The van der Waals surface area contributed by atoms with Crippen molar-refractivity contribution in [1.29, 1.82) is 0 Å². The van der Waals surface area contributed by atoms with Gasteiger partial charge in [-0.25, -0.2) is 0 Å². The Bertz CT molecular complexity index is 364. The highest BCUT2D eigenvalue weighted by atomic mass is 33.7. The maximum atomic E-state index is 6.15. The first kappa shape index (κ1) is 22.8. The average molecular weight is 443 g/mol. The molecule has 0 aromatic heterocycles. The van der Waals surface area contributed by atoms with E-state index < -0.39 is 8.80 Å². The lowest BCUT2D eigenvalue weighted by molar-refractivity contribution is 0.0689. The van der Waals surface area contributed by atoms with Gasteiger partial charge < -0.3 is 13.3 Å². The summed E-state index contributed by atoms with van der Waals surface area (Å²) in [7, 11) is 5.33. The molecule has 148 valence electrons. The molecule has 0 heterocycles. The number of hydrogen-bond acceptors (Lipinski definition) is 7. The Balaban J connectivity index is 1.88. The highest BCUT2D eigenvalue weighted by molar-refractivity contribution is 9.26. The molecule has 25 heavy (non-hydrogen) atoms. The third-order valence-corrected chi connectivity index (χ3v) is 17.2. The van der Waals surface area contributed by atoms with E-state index in [-0.39, 0.29) is 0 Å². The number of fused-ring (bicyclic) bond motifs is 2. The molecule has 0 saturated heterocycles. The van der Waals surface area contributed by atoms with Crippen LogP contribution in [0.5, 0.6) is 0 Å². The molecule has 0 aromatic rings. The monoisotopic (exact) mass is 442 g/mol. The highest BCUT2D eigenvalue weighted by Crippen LogP contribution is 2.62. The molecule has 2 rings (SSSR count). The Morgan fingerprint density at radius 2 is 1.56 bits per heavy atom. The Kier molecular flexibility index (Phi) is 10.5. The second kappa shape index (κ2) is 11.5. The standard InChI is InChI=1S/C17H34O3S4Si/c1-5-9-16(25(18-6-2,19-7-3)20-8-4)21-23-24-22-17-12-10-15(14-17)11-13-17/h15-16H,5-14H2,1-4H3. The maximum Gasteiger partial charge on any atom is 0.515 e. The largest absolute Gasteiger partial charge is 0.515 e. The first-order valence-corrected chi connectivity index (χ1v) is 16.4. The van der Waals surface area contributed by atoms with Gasteiger partial charge in [-0.1, -0.05) is 34.9 Å². The van der Waals surface area contributed by atoms with Crippen molar-refractivity contribution in [2.24, 2.45) is 5.92 Å². The van der Waals surface area contributed by atoms with Crippen LogP contribution in [0.3, 0.4) is 0 Å². The topological polar surface area (TPSA) is 27.7 Å². The first-order chi connectivity index (χ1) is 12.1. The van der Waals surface area contributed by atoms with Crippen molar-refractivity contribution in [3.63, 3.8) is 0 Å². The van der Waals surface area contributed by atoms with E-state index in [4.69, 9.17) is 13.3 Å². The van der Waals surface area contributed by atoms with Gasteiger partial charge in [-0.05, 0) is 84.9 Å². The lowest BCUT2D eigenvalue weighted by atomic mass is 10.0. The van der Waals surface area contributed by atoms with Crippen LogP contribution >= 0.6 is 41.2 Å². The molecule has 1 unspecified atom stereocenters. The van der Waals surface area contributed by atoms with Gasteiger partial charge in [0.2, 0.25) is 0 Å². The molecule has 8 heteroatoms. The van der Waals surface area contributed by atoms with Crippen molar-refractivity contribution in [3.05, 3.63) is 0 Å². The zero-order valence-corrected chi connectivity index (χ0v) is 20.3. The van der Waals surface area contributed by atoms with Crippen LogP contribution in [0.25, 0.3) is 0 Å². The molecule has 0 aliphatic heterocycles. The lowest BCUT2D eigenvalue weighted by Crippen LogP contribution is -2.55. The predicted molar refractivity (Wildman–Crippen MR) is 119 cm³/mol. The Morgan fingerprint density at radius 3 is 2.00 bits per heavy atom. The summed E-state index contributed by atoms with van der Waals surface area (Å²) < 4.78 is 19.0. The molecule has 2 saturated carbocycles. The second-order valence-corrected chi connectivity index (χ2v) is 16.4. The van der Waals surface area contributed by atoms with E-state index >= 15 is 0 Å². The van der Waals surface area contributed by atoms with Crippen LogP contribution in [-0.4, -0.2) is 38.2 Å². The van der Waals surface area contributed by atoms with Crippen LogP contribution in [0, 0.1) is 5.92 Å². The summed E-state index contributed by atoms with van der Waals surface area (Å²) in [5.41, 5.74) is 0. The fourth-order valence-electron chi connectivity index (χ4n) is 3.96. The van der Waals surface area contributed by atoms with Crippen LogP contribution < -0.4 is 0 Å². The summed E-state index contributed by atoms with van der Waals surface area (Å²) in [4.78, 5) is 0.313. The zero-order valence-electron chi connectivity index (χ0n) is 16.1. The van der Waals surface area contributed by atoms with Gasteiger partial charge in [-0.15, -0.1) is 0 Å². The summed E-state index contributed by atoms with van der Waals surface area (Å²) >= 11 is 0. The molecular weight excluding hydrogens is 409 g/mol. The molecule has 2 fully saturated rings. The van der Waals surface area contributed by atoms with E-state index in [1.54, 1.807) is 0 Å². The van der Waals surface area contributed by atoms with Crippen molar-refractivity contribution in [3.8, 4) is 0 Å². The fraction of sp³-hybridized carbons (Fsp3) is 1.00. The SMILES string of the molecule is CCCC(SSSSC12CCC(CC1)C2)[Si](OCC)(OCC)OCC. The van der Waals surface area contributed by atoms with E-state index in [1.807, 2.05) is 51.2 Å². The minimum atomic E-state index is -2.63. The summed E-state index contributed by atoms with van der Waals surface area (Å²) in [6, 6.07) is 0. The third kappa shape index (κ3) is 6.24. The van der Waals surface area contributed by atoms with Gasteiger partial charge in [0.25, 0.3) is 0 Å². The van der Waals surface area contributed by atoms with Gasteiger partial charge in [0.1, 0.15) is 0 Å². The number of hydrogen-bond donors (Lipinski definition) is 0. The van der Waals surface area contributed by atoms with Gasteiger partial charge in [0.05, 0.1) is 4.87 Å². The third-order valence-electron chi connectivity index (χ3n) is 5.05.